The first-order valence-electron chi connectivity index (χ1n) is 7.68. The van der Waals surface area contributed by atoms with E-state index in [1.54, 1.807) is 0 Å². The Kier molecular flexibility index (Phi) is 5.09. The fraction of sp³-hybridized carbons (Fsp3) is 0.333. The fourth-order valence-corrected chi connectivity index (χ4v) is 2.67. The van der Waals surface area contributed by atoms with Crippen LogP contribution in [0, 0.1) is 0 Å². The average Bonchev–Trinajstić information content (AvgIpc) is 2.52. The van der Waals surface area contributed by atoms with Crippen LogP contribution in [0.1, 0.15) is 20.8 Å². The van der Waals surface area contributed by atoms with Crippen molar-refractivity contribution in [2.75, 3.05) is 35.2 Å². The molecule has 0 aliphatic carbocycles. The number of anilines is 4. The summed E-state index contributed by atoms with van der Waals surface area (Å²) in [4.78, 5) is 4.54. The molecule has 0 atom stereocenters. The van der Waals surface area contributed by atoms with Gasteiger partial charge >= 0.3 is 0 Å². The summed E-state index contributed by atoms with van der Waals surface area (Å²) >= 11 is 0. The van der Waals surface area contributed by atoms with Crippen LogP contribution in [0.25, 0.3) is 0 Å². The molecule has 0 bridgehead atoms. The van der Waals surface area contributed by atoms with E-state index in [4.69, 9.17) is 5.73 Å². The van der Waals surface area contributed by atoms with E-state index in [0.717, 1.165) is 31.0 Å². The highest BCUT2D eigenvalue weighted by molar-refractivity contribution is 5.78. The summed E-state index contributed by atoms with van der Waals surface area (Å²) in [6.07, 6.45) is 0. The maximum Gasteiger partial charge on any atom is 0.0645 e. The molecular weight excluding hydrogens is 258 g/mol. The first kappa shape index (κ1) is 15.2. The molecule has 0 unspecified atom stereocenters. The third kappa shape index (κ3) is 3.30. The average molecular weight is 283 g/mol. The Hall–Kier alpha value is -2.16. The number of nitrogen functional groups attached to an aromatic ring is 1. The maximum absolute atomic E-state index is 6.31. The van der Waals surface area contributed by atoms with Crippen LogP contribution in [-0.2, 0) is 0 Å². The van der Waals surface area contributed by atoms with Crippen molar-refractivity contribution >= 4 is 22.7 Å². The SMILES string of the molecule is CCN(CC)c1ccc(N(CC)c2ccccc2)c(N)c1. The summed E-state index contributed by atoms with van der Waals surface area (Å²) in [6, 6.07) is 16.7. The monoisotopic (exact) mass is 283 g/mol. The second kappa shape index (κ2) is 7.02. The van der Waals surface area contributed by atoms with Crippen LogP contribution >= 0.6 is 0 Å². The van der Waals surface area contributed by atoms with Crippen molar-refractivity contribution in [3.63, 3.8) is 0 Å². The zero-order valence-corrected chi connectivity index (χ0v) is 13.2. The van der Waals surface area contributed by atoms with Gasteiger partial charge in [-0.1, -0.05) is 18.2 Å². The molecule has 0 aromatic heterocycles. The zero-order valence-electron chi connectivity index (χ0n) is 13.2. The number of nitrogens with zero attached hydrogens (tertiary/aromatic N) is 2. The number of rotatable bonds is 6. The van der Waals surface area contributed by atoms with E-state index in [2.05, 4.69) is 73.0 Å². The predicted octanol–water partition coefficient (Wildman–Crippen LogP) is 4.27. The quantitative estimate of drug-likeness (QED) is 0.803. The van der Waals surface area contributed by atoms with Crippen LogP contribution in [0.2, 0.25) is 0 Å². The van der Waals surface area contributed by atoms with Crippen LogP contribution in [0.5, 0.6) is 0 Å². The van der Waals surface area contributed by atoms with E-state index >= 15 is 0 Å². The molecule has 0 fully saturated rings. The van der Waals surface area contributed by atoms with Gasteiger partial charge in [0.05, 0.1) is 11.4 Å². The van der Waals surface area contributed by atoms with Crippen LogP contribution in [0.4, 0.5) is 22.7 Å². The molecule has 2 rings (SSSR count). The number of hydrogen-bond donors (Lipinski definition) is 1. The highest BCUT2D eigenvalue weighted by Crippen LogP contribution is 2.33. The lowest BCUT2D eigenvalue weighted by Gasteiger charge is -2.27. The first-order valence-corrected chi connectivity index (χ1v) is 7.68. The van der Waals surface area contributed by atoms with Gasteiger partial charge in [0.1, 0.15) is 0 Å². The standard InChI is InChI=1S/C18H25N3/c1-4-20(5-2)16-12-13-18(17(19)14-16)21(6-3)15-10-8-7-9-11-15/h7-14H,4-6,19H2,1-3H3. The summed E-state index contributed by atoms with van der Waals surface area (Å²) < 4.78 is 0. The Bertz CT molecular complexity index is 562. The fourth-order valence-electron chi connectivity index (χ4n) is 2.67. The van der Waals surface area contributed by atoms with Crippen molar-refractivity contribution in [3.05, 3.63) is 48.5 Å². The second-order valence-corrected chi connectivity index (χ2v) is 5.00. The minimum absolute atomic E-state index is 0.824. The molecule has 0 saturated carbocycles. The number of benzene rings is 2. The summed E-state index contributed by atoms with van der Waals surface area (Å²) in [5.41, 5.74) is 10.6. The van der Waals surface area contributed by atoms with Crippen molar-refractivity contribution < 1.29 is 0 Å². The molecular formula is C18H25N3. The highest BCUT2D eigenvalue weighted by atomic mass is 15.1. The lowest BCUT2D eigenvalue weighted by atomic mass is 10.2. The third-order valence-corrected chi connectivity index (χ3v) is 3.81. The van der Waals surface area contributed by atoms with Gasteiger partial charge in [-0.05, 0) is 51.1 Å². The lowest BCUT2D eigenvalue weighted by Crippen LogP contribution is -2.22. The van der Waals surface area contributed by atoms with Crippen molar-refractivity contribution in [1.82, 2.24) is 0 Å². The van der Waals surface area contributed by atoms with Crippen molar-refractivity contribution in [3.8, 4) is 0 Å². The van der Waals surface area contributed by atoms with Gasteiger partial charge in [-0.2, -0.15) is 0 Å². The van der Waals surface area contributed by atoms with Gasteiger partial charge in [-0.15, -0.1) is 0 Å². The Labute approximate surface area is 128 Å². The molecule has 0 aliphatic rings. The smallest absolute Gasteiger partial charge is 0.0645 e. The molecule has 112 valence electrons. The summed E-state index contributed by atoms with van der Waals surface area (Å²) in [7, 11) is 0. The van der Waals surface area contributed by atoms with Crippen molar-refractivity contribution in [2.24, 2.45) is 0 Å². The van der Waals surface area contributed by atoms with Gasteiger partial charge in [-0.25, -0.2) is 0 Å². The van der Waals surface area contributed by atoms with Gasteiger partial charge in [0.25, 0.3) is 0 Å². The third-order valence-electron chi connectivity index (χ3n) is 3.81. The molecule has 0 saturated heterocycles. The molecule has 0 spiro atoms. The minimum Gasteiger partial charge on any atom is -0.397 e. The zero-order chi connectivity index (χ0) is 15.2. The summed E-state index contributed by atoms with van der Waals surface area (Å²) in [5, 5.41) is 0. The Morgan fingerprint density at radius 2 is 1.48 bits per heavy atom. The van der Waals surface area contributed by atoms with Crippen LogP contribution < -0.4 is 15.5 Å². The molecule has 0 heterocycles. The second-order valence-electron chi connectivity index (χ2n) is 5.00. The van der Waals surface area contributed by atoms with Crippen molar-refractivity contribution in [2.45, 2.75) is 20.8 Å². The molecule has 2 N–H and O–H groups in total. The molecule has 0 radical (unpaired) electrons. The Morgan fingerprint density at radius 1 is 0.810 bits per heavy atom. The predicted molar refractivity (Wildman–Crippen MR) is 93.5 cm³/mol. The number of hydrogen-bond acceptors (Lipinski definition) is 3. The molecule has 2 aromatic carbocycles. The van der Waals surface area contributed by atoms with Gasteiger partial charge in [0.15, 0.2) is 0 Å². The Morgan fingerprint density at radius 3 is 2.00 bits per heavy atom. The number of para-hydroxylation sites is 1. The van der Waals surface area contributed by atoms with E-state index < -0.39 is 0 Å². The molecule has 2 aromatic rings. The maximum atomic E-state index is 6.31. The largest absolute Gasteiger partial charge is 0.397 e. The van der Waals surface area contributed by atoms with Gasteiger partial charge in [-0.3, -0.25) is 0 Å². The van der Waals surface area contributed by atoms with E-state index in [1.807, 2.05) is 6.07 Å². The normalized spacial score (nSPS) is 10.4. The van der Waals surface area contributed by atoms with E-state index in [-0.39, 0.29) is 0 Å². The number of nitrogens with two attached hydrogens (primary N) is 1. The van der Waals surface area contributed by atoms with E-state index in [9.17, 15) is 0 Å². The summed E-state index contributed by atoms with van der Waals surface area (Å²) in [6.45, 7) is 9.34. The molecule has 3 nitrogen and oxygen atoms in total. The first-order chi connectivity index (χ1) is 10.2. The van der Waals surface area contributed by atoms with Crippen LogP contribution in [-0.4, -0.2) is 19.6 Å². The molecule has 3 heteroatoms. The van der Waals surface area contributed by atoms with Crippen molar-refractivity contribution in [1.29, 1.82) is 0 Å². The highest BCUT2D eigenvalue weighted by Gasteiger charge is 2.12. The van der Waals surface area contributed by atoms with Crippen LogP contribution in [0.15, 0.2) is 48.5 Å². The topological polar surface area (TPSA) is 32.5 Å². The lowest BCUT2D eigenvalue weighted by molar-refractivity contribution is 0.866. The van der Waals surface area contributed by atoms with E-state index in [0.29, 0.717) is 0 Å². The van der Waals surface area contributed by atoms with Gasteiger partial charge < -0.3 is 15.5 Å². The molecule has 0 amide bonds. The van der Waals surface area contributed by atoms with Crippen LogP contribution in [0.3, 0.4) is 0 Å². The molecule has 0 aliphatic heterocycles. The van der Waals surface area contributed by atoms with Gasteiger partial charge in [0, 0.05) is 31.0 Å². The molecule has 21 heavy (non-hydrogen) atoms. The van der Waals surface area contributed by atoms with E-state index in [1.165, 1.54) is 11.4 Å². The van der Waals surface area contributed by atoms with Gasteiger partial charge in [0.2, 0.25) is 0 Å². The Balaban J connectivity index is 2.35. The minimum atomic E-state index is 0.824. The summed E-state index contributed by atoms with van der Waals surface area (Å²) in [5.74, 6) is 0.